The van der Waals surface area contributed by atoms with Gasteiger partial charge in [-0.05, 0) is 19.3 Å². The van der Waals surface area contributed by atoms with Crippen LogP contribution < -0.4 is 10.2 Å². The number of aromatic carboxylic acids is 1. The summed E-state index contributed by atoms with van der Waals surface area (Å²) in [6.07, 6.45) is 4.35. The molecule has 164 valence electrons. The lowest BCUT2D eigenvalue weighted by Gasteiger charge is -2.38. The van der Waals surface area contributed by atoms with Crippen LogP contribution in [0, 0.1) is 0 Å². The zero-order valence-electron chi connectivity index (χ0n) is 17.0. The first kappa shape index (κ1) is 22.5. The summed E-state index contributed by atoms with van der Waals surface area (Å²) in [5.41, 5.74) is 0.727. The summed E-state index contributed by atoms with van der Waals surface area (Å²) in [4.78, 5) is 37.4. The van der Waals surface area contributed by atoms with Gasteiger partial charge in [0.05, 0.1) is 24.0 Å². The van der Waals surface area contributed by atoms with Crippen molar-refractivity contribution in [1.29, 1.82) is 0 Å². The highest BCUT2D eigenvalue weighted by molar-refractivity contribution is 7.17. The molecule has 3 rings (SSSR count). The number of carbonyl (C=O) groups is 2. The van der Waals surface area contributed by atoms with Crippen LogP contribution in [0.5, 0.6) is 0 Å². The first-order chi connectivity index (χ1) is 14.4. The molecule has 1 amide bonds. The SMILES string of the molecule is CCCCO[C@@H]1CN(c2ncc(C(=O)O)s2)CC[C@@H]1NC(=O)c1nc(Cl)c(CC)[nH]1. The Balaban J connectivity index is 1.69. The minimum Gasteiger partial charge on any atom is -0.477 e. The Hall–Kier alpha value is -2.17. The smallest absolute Gasteiger partial charge is 0.347 e. The number of thiazole rings is 1. The van der Waals surface area contributed by atoms with Crippen LogP contribution in [-0.4, -0.2) is 63.8 Å². The van der Waals surface area contributed by atoms with Crippen LogP contribution in [0.15, 0.2) is 6.20 Å². The molecule has 0 spiro atoms. The minimum atomic E-state index is -0.986. The summed E-state index contributed by atoms with van der Waals surface area (Å²) in [6, 6.07) is -0.196. The van der Waals surface area contributed by atoms with Gasteiger partial charge in [0.2, 0.25) is 0 Å². The number of hydrogen-bond acceptors (Lipinski definition) is 7. The van der Waals surface area contributed by atoms with Crippen LogP contribution >= 0.6 is 22.9 Å². The molecular weight excluding hydrogens is 430 g/mol. The second-order valence-electron chi connectivity index (χ2n) is 7.10. The number of imidazole rings is 1. The molecule has 1 fully saturated rings. The van der Waals surface area contributed by atoms with Gasteiger partial charge in [-0.2, -0.15) is 0 Å². The molecule has 30 heavy (non-hydrogen) atoms. The van der Waals surface area contributed by atoms with Gasteiger partial charge in [-0.3, -0.25) is 4.79 Å². The van der Waals surface area contributed by atoms with Crippen molar-refractivity contribution < 1.29 is 19.4 Å². The van der Waals surface area contributed by atoms with E-state index in [0.717, 1.165) is 29.9 Å². The van der Waals surface area contributed by atoms with Gasteiger partial charge < -0.3 is 25.0 Å². The number of piperidine rings is 1. The fraction of sp³-hybridized carbons (Fsp3) is 0.579. The lowest BCUT2D eigenvalue weighted by atomic mass is 10.0. The molecule has 0 radical (unpaired) electrons. The number of unbranched alkanes of at least 4 members (excludes halogenated alkanes) is 1. The number of halogens is 1. The summed E-state index contributed by atoms with van der Waals surface area (Å²) in [6.45, 7) is 5.75. The predicted octanol–water partition coefficient (Wildman–Crippen LogP) is 2.97. The number of aromatic nitrogens is 3. The van der Waals surface area contributed by atoms with Crippen LogP contribution in [0.3, 0.4) is 0 Å². The molecule has 2 atom stereocenters. The van der Waals surface area contributed by atoms with E-state index in [1.165, 1.54) is 6.20 Å². The third-order valence-electron chi connectivity index (χ3n) is 4.98. The molecule has 1 saturated heterocycles. The number of amides is 1. The Labute approximate surface area is 183 Å². The van der Waals surface area contributed by atoms with E-state index in [9.17, 15) is 9.59 Å². The minimum absolute atomic E-state index is 0.192. The number of aryl methyl sites for hydroxylation is 1. The number of carbonyl (C=O) groups excluding carboxylic acids is 1. The molecule has 3 N–H and O–H groups in total. The fourth-order valence-electron chi connectivity index (χ4n) is 3.28. The highest BCUT2D eigenvalue weighted by Crippen LogP contribution is 2.27. The molecule has 0 unspecified atom stereocenters. The third kappa shape index (κ3) is 5.30. The second kappa shape index (κ2) is 10.2. The summed E-state index contributed by atoms with van der Waals surface area (Å²) in [5, 5.41) is 13.1. The van der Waals surface area contributed by atoms with E-state index in [1.54, 1.807) is 0 Å². The number of carboxylic acids is 1. The van der Waals surface area contributed by atoms with Gasteiger partial charge in [0.25, 0.3) is 5.91 Å². The summed E-state index contributed by atoms with van der Waals surface area (Å²) in [5.74, 6) is -1.11. The Morgan fingerprint density at radius 1 is 1.47 bits per heavy atom. The van der Waals surface area contributed by atoms with E-state index >= 15 is 0 Å². The molecule has 11 heteroatoms. The van der Waals surface area contributed by atoms with Crippen molar-refractivity contribution in [3.63, 3.8) is 0 Å². The number of ether oxygens (including phenoxy) is 1. The molecule has 0 aromatic carbocycles. The highest BCUT2D eigenvalue weighted by Gasteiger charge is 2.33. The molecule has 0 aliphatic carbocycles. The Morgan fingerprint density at radius 3 is 2.90 bits per heavy atom. The highest BCUT2D eigenvalue weighted by atomic mass is 35.5. The lowest BCUT2D eigenvalue weighted by molar-refractivity contribution is 0.0187. The number of aromatic amines is 1. The van der Waals surface area contributed by atoms with E-state index < -0.39 is 5.97 Å². The van der Waals surface area contributed by atoms with E-state index in [2.05, 4.69) is 27.2 Å². The normalized spacial score (nSPS) is 19.1. The van der Waals surface area contributed by atoms with Crippen LogP contribution in [0.2, 0.25) is 5.15 Å². The van der Waals surface area contributed by atoms with E-state index in [0.29, 0.717) is 42.8 Å². The number of rotatable bonds is 9. The number of nitrogens with zero attached hydrogens (tertiary/aromatic N) is 3. The van der Waals surface area contributed by atoms with Crippen LogP contribution in [0.4, 0.5) is 5.13 Å². The summed E-state index contributed by atoms with van der Waals surface area (Å²) < 4.78 is 6.08. The Kier molecular flexibility index (Phi) is 7.68. The summed E-state index contributed by atoms with van der Waals surface area (Å²) in [7, 11) is 0. The summed E-state index contributed by atoms with van der Waals surface area (Å²) >= 11 is 7.19. The number of carboxylic acid groups (broad SMARTS) is 1. The quantitative estimate of drug-likeness (QED) is 0.497. The zero-order valence-corrected chi connectivity index (χ0v) is 18.6. The van der Waals surface area contributed by atoms with Crippen molar-refractivity contribution in [1.82, 2.24) is 20.3 Å². The van der Waals surface area contributed by atoms with Gasteiger partial charge in [0.1, 0.15) is 4.88 Å². The second-order valence-corrected chi connectivity index (χ2v) is 8.47. The molecule has 9 nitrogen and oxygen atoms in total. The van der Waals surface area contributed by atoms with Gasteiger partial charge in [0, 0.05) is 19.7 Å². The molecule has 1 aliphatic rings. The van der Waals surface area contributed by atoms with Crippen LogP contribution in [0.1, 0.15) is 59.1 Å². The van der Waals surface area contributed by atoms with E-state index in [1.807, 2.05) is 11.8 Å². The van der Waals surface area contributed by atoms with Gasteiger partial charge in [-0.1, -0.05) is 43.2 Å². The first-order valence-electron chi connectivity index (χ1n) is 10.0. The zero-order chi connectivity index (χ0) is 21.7. The van der Waals surface area contributed by atoms with Crippen molar-refractivity contribution in [2.45, 2.75) is 51.7 Å². The maximum absolute atomic E-state index is 12.7. The van der Waals surface area contributed by atoms with Crippen molar-refractivity contribution in [2.24, 2.45) is 0 Å². The first-order valence-corrected chi connectivity index (χ1v) is 11.2. The van der Waals surface area contributed by atoms with Crippen LogP contribution in [-0.2, 0) is 11.2 Å². The molecule has 2 aromatic heterocycles. The molecule has 2 aromatic rings. The molecule has 1 aliphatic heterocycles. The van der Waals surface area contributed by atoms with Crippen molar-refractivity contribution in [3.05, 3.63) is 27.7 Å². The van der Waals surface area contributed by atoms with Crippen molar-refractivity contribution in [2.75, 3.05) is 24.6 Å². The lowest BCUT2D eigenvalue weighted by Crippen LogP contribution is -2.55. The molecular formula is C19H26ClN5O4S. The monoisotopic (exact) mass is 455 g/mol. The van der Waals surface area contributed by atoms with E-state index in [-0.39, 0.29) is 28.8 Å². The van der Waals surface area contributed by atoms with Crippen LogP contribution in [0.25, 0.3) is 0 Å². The third-order valence-corrected chi connectivity index (χ3v) is 6.34. The number of anilines is 1. The van der Waals surface area contributed by atoms with E-state index in [4.69, 9.17) is 21.4 Å². The largest absolute Gasteiger partial charge is 0.477 e. The fourth-order valence-corrected chi connectivity index (χ4v) is 4.34. The number of H-pyrrole nitrogens is 1. The Morgan fingerprint density at radius 2 is 2.27 bits per heavy atom. The number of nitrogens with one attached hydrogen (secondary N) is 2. The molecule has 3 heterocycles. The van der Waals surface area contributed by atoms with Gasteiger partial charge in [-0.15, -0.1) is 0 Å². The van der Waals surface area contributed by atoms with Gasteiger partial charge >= 0.3 is 5.97 Å². The maximum Gasteiger partial charge on any atom is 0.347 e. The average Bonchev–Trinajstić information content (AvgIpc) is 3.36. The topological polar surface area (TPSA) is 120 Å². The molecule has 0 saturated carbocycles. The maximum atomic E-state index is 12.7. The Bertz CT molecular complexity index is 886. The van der Waals surface area contributed by atoms with Gasteiger partial charge in [-0.25, -0.2) is 14.8 Å². The average molecular weight is 456 g/mol. The van der Waals surface area contributed by atoms with Gasteiger partial charge in [0.15, 0.2) is 16.1 Å². The molecule has 0 bridgehead atoms. The predicted molar refractivity (Wildman–Crippen MR) is 115 cm³/mol. The standard InChI is InChI=1S/C19H26ClN5O4S/c1-3-5-8-29-13-10-25(19-21-9-14(30-19)18(27)28)7-6-12(13)23-17(26)16-22-11(4-2)15(20)24-16/h9,12-13H,3-8,10H2,1-2H3,(H,22,24)(H,23,26)(H,27,28)/t12-,13+/m0/s1. The van der Waals surface area contributed by atoms with Crippen molar-refractivity contribution in [3.8, 4) is 0 Å². The number of hydrogen-bond donors (Lipinski definition) is 3. The van der Waals surface area contributed by atoms with Crippen molar-refractivity contribution >= 4 is 39.9 Å².